The first kappa shape index (κ1) is 45.8. The lowest BCUT2D eigenvalue weighted by molar-refractivity contribution is -0.184. The first-order valence-corrected chi connectivity index (χ1v) is 20.3. The van der Waals surface area contributed by atoms with Crippen molar-refractivity contribution < 1.29 is 24.5 Å². The Labute approximate surface area is 291 Å². The Morgan fingerprint density at radius 2 is 0.745 bits per heavy atom. The molecule has 0 spiro atoms. The predicted octanol–water partition coefficient (Wildman–Crippen LogP) is 9.82. The normalized spacial score (nSPS) is 13.2. The Bertz CT molecular complexity index is 687. The Balaban J connectivity index is 4.85. The minimum atomic E-state index is -1.73. The number of aliphatic hydroxyl groups is 2. The summed E-state index contributed by atoms with van der Waals surface area (Å²) in [5, 5.41) is 19.5. The second-order valence-electron chi connectivity index (χ2n) is 14.4. The summed E-state index contributed by atoms with van der Waals surface area (Å²) in [4.78, 5) is 26.4. The number of aliphatic hydroxyl groups excluding tert-OH is 2. The van der Waals surface area contributed by atoms with Gasteiger partial charge in [-0.05, 0) is 12.8 Å². The number of ether oxygens (including phenoxy) is 1. The summed E-state index contributed by atoms with van der Waals surface area (Å²) < 4.78 is 5.96. The number of amides is 2. The summed E-state index contributed by atoms with van der Waals surface area (Å²) in [6.07, 6.45) is 35.1. The number of primary amides is 2. The highest BCUT2D eigenvalue weighted by Gasteiger charge is 2.59. The van der Waals surface area contributed by atoms with Crippen LogP contribution < -0.4 is 11.5 Å². The van der Waals surface area contributed by atoms with Gasteiger partial charge in [0.15, 0.2) is 5.60 Å². The van der Waals surface area contributed by atoms with E-state index in [0.717, 1.165) is 51.4 Å². The van der Waals surface area contributed by atoms with Gasteiger partial charge in [-0.1, -0.05) is 194 Å². The third-order valence-electron chi connectivity index (χ3n) is 10.5. The number of nitrogens with two attached hydrogens (primary N) is 2. The van der Waals surface area contributed by atoms with Crippen molar-refractivity contribution in [2.75, 3.05) is 19.8 Å². The lowest BCUT2D eigenvalue weighted by Crippen LogP contribution is -2.64. The Hall–Kier alpha value is -1.18. The molecule has 0 bridgehead atoms. The molecule has 47 heavy (non-hydrogen) atoms. The second kappa shape index (κ2) is 32.0. The standard InChI is InChI=1S/C40H80N2O5/c1-3-5-7-9-11-13-15-17-19-21-23-25-27-29-31-39(37(41)45,40(33-34-43,38(42)46)47-36-35-44)32-30-28-26-24-22-20-18-16-14-12-10-8-6-4-2/h43-44H,3-36H2,1-2H3,(H2,41,45)(H2,42,46). The molecule has 6 N–H and O–H groups in total. The van der Waals surface area contributed by atoms with Crippen molar-refractivity contribution in [3.8, 4) is 0 Å². The summed E-state index contributed by atoms with van der Waals surface area (Å²) in [6, 6.07) is 0. The van der Waals surface area contributed by atoms with Gasteiger partial charge < -0.3 is 26.4 Å². The van der Waals surface area contributed by atoms with Crippen LogP contribution in [0.4, 0.5) is 0 Å². The molecule has 0 fully saturated rings. The van der Waals surface area contributed by atoms with Gasteiger partial charge in [-0.15, -0.1) is 0 Å². The molecule has 7 nitrogen and oxygen atoms in total. The van der Waals surface area contributed by atoms with Crippen LogP contribution in [0.3, 0.4) is 0 Å². The molecule has 2 amide bonds. The minimum absolute atomic E-state index is 0.109. The van der Waals surface area contributed by atoms with E-state index in [2.05, 4.69) is 13.8 Å². The second-order valence-corrected chi connectivity index (χ2v) is 14.4. The van der Waals surface area contributed by atoms with Gasteiger partial charge in [0.1, 0.15) is 0 Å². The molecule has 0 radical (unpaired) electrons. The minimum Gasteiger partial charge on any atom is -0.396 e. The van der Waals surface area contributed by atoms with Crippen LogP contribution in [0.5, 0.6) is 0 Å². The summed E-state index contributed by atoms with van der Waals surface area (Å²) in [6.45, 7) is 3.70. The summed E-state index contributed by atoms with van der Waals surface area (Å²) >= 11 is 0. The lowest BCUT2D eigenvalue weighted by atomic mass is 9.63. The largest absolute Gasteiger partial charge is 0.396 e. The van der Waals surface area contributed by atoms with Crippen LogP contribution in [-0.2, 0) is 14.3 Å². The van der Waals surface area contributed by atoms with Gasteiger partial charge in [-0.2, -0.15) is 0 Å². The van der Waals surface area contributed by atoms with Crippen LogP contribution in [0, 0.1) is 5.41 Å². The number of rotatable bonds is 38. The maximum Gasteiger partial charge on any atom is 0.250 e. The van der Waals surface area contributed by atoms with Crippen molar-refractivity contribution in [1.82, 2.24) is 0 Å². The lowest BCUT2D eigenvalue weighted by Gasteiger charge is -2.46. The van der Waals surface area contributed by atoms with Crippen LogP contribution in [-0.4, -0.2) is 47.4 Å². The van der Waals surface area contributed by atoms with Crippen LogP contribution in [0.25, 0.3) is 0 Å². The van der Waals surface area contributed by atoms with E-state index in [1.54, 1.807) is 0 Å². The molecule has 0 aromatic rings. The maximum absolute atomic E-state index is 13.3. The number of carbonyl (C=O) groups excluding carboxylic acids is 2. The van der Waals surface area contributed by atoms with E-state index in [1.165, 1.54) is 128 Å². The Kier molecular flexibility index (Phi) is 31.2. The number of unbranched alkanes of at least 4 members (excludes halogenated alkanes) is 26. The number of hydrogen-bond donors (Lipinski definition) is 4. The third-order valence-corrected chi connectivity index (χ3v) is 10.5. The third kappa shape index (κ3) is 20.8. The van der Waals surface area contributed by atoms with Crippen molar-refractivity contribution in [1.29, 1.82) is 0 Å². The molecule has 280 valence electrons. The van der Waals surface area contributed by atoms with E-state index in [-0.39, 0.29) is 26.2 Å². The predicted molar refractivity (Wildman–Crippen MR) is 198 cm³/mol. The monoisotopic (exact) mass is 669 g/mol. The molecular weight excluding hydrogens is 588 g/mol. The fourth-order valence-electron chi connectivity index (χ4n) is 7.47. The molecule has 0 aliphatic carbocycles. The van der Waals surface area contributed by atoms with Gasteiger partial charge in [0.25, 0.3) is 5.91 Å². The molecule has 1 unspecified atom stereocenters. The highest BCUT2D eigenvalue weighted by molar-refractivity contribution is 5.94. The van der Waals surface area contributed by atoms with E-state index in [9.17, 15) is 19.8 Å². The zero-order chi connectivity index (χ0) is 34.9. The SMILES string of the molecule is CCCCCCCCCCCCCCCCC(CCCCCCCCCCCCCCCC)(C(N)=O)C(CCO)(OCCO)C(N)=O. The zero-order valence-electron chi connectivity index (χ0n) is 31.3. The highest BCUT2D eigenvalue weighted by Crippen LogP contribution is 2.46. The average Bonchev–Trinajstić information content (AvgIpc) is 3.05. The van der Waals surface area contributed by atoms with E-state index in [1.807, 2.05) is 0 Å². The first-order valence-electron chi connectivity index (χ1n) is 20.3. The molecule has 0 saturated heterocycles. The summed E-state index contributed by atoms with van der Waals surface area (Å²) in [5.74, 6) is -1.37. The van der Waals surface area contributed by atoms with Crippen molar-refractivity contribution in [3.63, 3.8) is 0 Å². The van der Waals surface area contributed by atoms with Gasteiger partial charge in [-0.25, -0.2) is 0 Å². The molecule has 7 heteroatoms. The molecule has 0 aliphatic rings. The van der Waals surface area contributed by atoms with E-state index in [0.29, 0.717) is 12.8 Å². The Morgan fingerprint density at radius 1 is 0.447 bits per heavy atom. The van der Waals surface area contributed by atoms with Crippen LogP contribution in [0.2, 0.25) is 0 Å². The molecule has 0 heterocycles. The van der Waals surface area contributed by atoms with Gasteiger partial charge in [-0.3, -0.25) is 9.59 Å². The van der Waals surface area contributed by atoms with E-state index in [4.69, 9.17) is 16.2 Å². The number of hydrogen-bond acceptors (Lipinski definition) is 5. The molecule has 0 rings (SSSR count). The smallest absolute Gasteiger partial charge is 0.250 e. The topological polar surface area (TPSA) is 136 Å². The van der Waals surface area contributed by atoms with Gasteiger partial charge in [0, 0.05) is 13.0 Å². The van der Waals surface area contributed by atoms with Crippen molar-refractivity contribution in [2.24, 2.45) is 16.9 Å². The van der Waals surface area contributed by atoms with Crippen molar-refractivity contribution in [3.05, 3.63) is 0 Å². The van der Waals surface area contributed by atoms with E-state index < -0.39 is 22.8 Å². The maximum atomic E-state index is 13.3. The molecular formula is C40H80N2O5. The summed E-state index contributed by atoms with van der Waals surface area (Å²) in [7, 11) is 0. The van der Waals surface area contributed by atoms with Crippen molar-refractivity contribution >= 4 is 11.8 Å². The average molecular weight is 669 g/mol. The van der Waals surface area contributed by atoms with E-state index >= 15 is 0 Å². The quantitative estimate of drug-likeness (QED) is 0.0486. The number of carbonyl (C=O) groups is 2. The fourth-order valence-corrected chi connectivity index (χ4v) is 7.47. The van der Waals surface area contributed by atoms with Crippen LogP contribution >= 0.6 is 0 Å². The van der Waals surface area contributed by atoms with Gasteiger partial charge >= 0.3 is 0 Å². The molecule has 0 aromatic heterocycles. The van der Waals surface area contributed by atoms with Crippen LogP contribution in [0.1, 0.15) is 213 Å². The summed E-state index contributed by atoms with van der Waals surface area (Å²) in [5.41, 5.74) is 9.05. The molecule has 1 atom stereocenters. The highest BCUT2D eigenvalue weighted by atomic mass is 16.5. The fraction of sp³-hybridized carbons (Fsp3) is 0.950. The van der Waals surface area contributed by atoms with Gasteiger partial charge in [0.05, 0.1) is 18.6 Å². The Morgan fingerprint density at radius 3 is 0.979 bits per heavy atom. The van der Waals surface area contributed by atoms with Crippen molar-refractivity contribution in [2.45, 2.75) is 218 Å². The zero-order valence-corrected chi connectivity index (χ0v) is 31.3. The molecule has 0 saturated carbocycles. The molecule has 0 aromatic carbocycles. The van der Waals surface area contributed by atoms with Gasteiger partial charge in [0.2, 0.25) is 5.91 Å². The van der Waals surface area contributed by atoms with Crippen LogP contribution in [0.15, 0.2) is 0 Å². The molecule has 0 aliphatic heterocycles. The first-order chi connectivity index (χ1) is 22.9.